The molecule has 4 nitrogen and oxygen atoms in total. The minimum atomic E-state index is -4.64. The van der Waals surface area contributed by atoms with E-state index in [1.54, 1.807) is 67.6 Å². The van der Waals surface area contributed by atoms with E-state index >= 15 is 0 Å². The summed E-state index contributed by atoms with van der Waals surface area (Å²) in [6.07, 6.45) is -4.64. The molecule has 7 heteroatoms. The van der Waals surface area contributed by atoms with Gasteiger partial charge in [0.25, 0.3) is 0 Å². The van der Waals surface area contributed by atoms with Crippen molar-refractivity contribution in [1.82, 2.24) is 0 Å². The van der Waals surface area contributed by atoms with Crippen LogP contribution in [0.15, 0.2) is 115 Å². The third-order valence-corrected chi connectivity index (χ3v) is 6.08. The van der Waals surface area contributed by atoms with E-state index in [4.69, 9.17) is 9.47 Å². The SMILES string of the molecule is C=C(C)C(=O)Oc1ccc(C#Cc2ccc(C#Cc3ccc(C#Cc4ccc(OC(=O)C(=C)C)cc4)cc3C(F)(F)F)cc2)cc1. The highest BCUT2D eigenvalue weighted by Gasteiger charge is 2.33. The summed E-state index contributed by atoms with van der Waals surface area (Å²) < 4.78 is 52.0. The van der Waals surface area contributed by atoms with E-state index in [1.807, 2.05) is 0 Å². The average Bonchev–Trinajstić information content (AvgIpc) is 3.03. The first-order chi connectivity index (χ1) is 21.9. The van der Waals surface area contributed by atoms with Gasteiger partial charge in [-0.1, -0.05) is 48.7 Å². The van der Waals surface area contributed by atoms with Crippen molar-refractivity contribution >= 4 is 11.9 Å². The zero-order chi connectivity index (χ0) is 33.3. The van der Waals surface area contributed by atoms with Crippen LogP contribution < -0.4 is 9.47 Å². The lowest BCUT2D eigenvalue weighted by Crippen LogP contribution is -2.08. The standard InChI is InChI=1S/C39H25F3O4/c1-26(2)37(43)45-34-21-15-30(16-22-34)10-7-28-5-8-29(9-6-28)13-19-33-20-14-32(25-36(33)39(40,41)42)12-11-31-17-23-35(24-18-31)46-38(44)27(3)4/h5-6,8-9,14-18,20-25H,1,3H2,2,4H3. The molecule has 46 heavy (non-hydrogen) atoms. The van der Waals surface area contributed by atoms with Crippen LogP contribution in [0.4, 0.5) is 13.2 Å². The minimum absolute atomic E-state index is 0.168. The molecule has 0 N–H and O–H groups in total. The number of benzene rings is 4. The fourth-order valence-electron chi connectivity index (χ4n) is 3.63. The zero-order valence-electron chi connectivity index (χ0n) is 24.8. The Bertz CT molecular complexity index is 2000. The largest absolute Gasteiger partial charge is 0.423 e. The second kappa shape index (κ2) is 14.5. The first kappa shape index (κ1) is 32.7. The summed E-state index contributed by atoms with van der Waals surface area (Å²) in [7, 11) is 0. The summed E-state index contributed by atoms with van der Waals surface area (Å²) >= 11 is 0. The van der Waals surface area contributed by atoms with E-state index in [9.17, 15) is 22.8 Å². The Kier molecular flexibility index (Phi) is 10.3. The molecule has 0 heterocycles. The van der Waals surface area contributed by atoms with Crippen molar-refractivity contribution in [2.45, 2.75) is 20.0 Å². The van der Waals surface area contributed by atoms with Crippen LogP contribution in [-0.4, -0.2) is 11.9 Å². The number of ether oxygens (including phenoxy) is 2. The van der Waals surface area contributed by atoms with Gasteiger partial charge in [0, 0.05) is 44.5 Å². The van der Waals surface area contributed by atoms with Crippen molar-refractivity contribution in [3.63, 3.8) is 0 Å². The molecule has 0 aliphatic rings. The van der Waals surface area contributed by atoms with Crippen molar-refractivity contribution in [2.75, 3.05) is 0 Å². The number of alkyl halides is 3. The summed E-state index contributed by atoms with van der Waals surface area (Å²) in [5.41, 5.74) is 2.08. The fourth-order valence-corrected chi connectivity index (χ4v) is 3.63. The normalized spacial score (nSPS) is 10.1. The van der Waals surface area contributed by atoms with Crippen LogP contribution in [0.5, 0.6) is 11.5 Å². The second-order valence-corrected chi connectivity index (χ2v) is 9.97. The lowest BCUT2D eigenvalue weighted by molar-refractivity contribution is -0.137. The van der Waals surface area contributed by atoms with Crippen LogP contribution in [-0.2, 0) is 15.8 Å². The van der Waals surface area contributed by atoms with E-state index in [0.717, 1.165) is 6.07 Å². The van der Waals surface area contributed by atoms with E-state index in [2.05, 4.69) is 48.7 Å². The van der Waals surface area contributed by atoms with Gasteiger partial charge in [-0.2, -0.15) is 13.2 Å². The number of esters is 2. The highest BCUT2D eigenvalue weighted by molar-refractivity contribution is 5.89. The van der Waals surface area contributed by atoms with Crippen LogP contribution in [0.2, 0.25) is 0 Å². The molecule has 4 rings (SSSR count). The van der Waals surface area contributed by atoms with Gasteiger partial charge < -0.3 is 9.47 Å². The van der Waals surface area contributed by atoms with Gasteiger partial charge in [-0.3, -0.25) is 0 Å². The Morgan fingerprint density at radius 2 is 0.870 bits per heavy atom. The highest BCUT2D eigenvalue weighted by Crippen LogP contribution is 2.32. The van der Waals surface area contributed by atoms with Crippen LogP contribution in [0, 0.1) is 35.5 Å². The van der Waals surface area contributed by atoms with Crippen molar-refractivity contribution in [1.29, 1.82) is 0 Å². The van der Waals surface area contributed by atoms with Crippen molar-refractivity contribution < 1.29 is 32.2 Å². The highest BCUT2D eigenvalue weighted by atomic mass is 19.4. The van der Waals surface area contributed by atoms with E-state index in [-0.39, 0.29) is 16.7 Å². The Morgan fingerprint density at radius 1 is 0.543 bits per heavy atom. The Balaban J connectivity index is 1.46. The molecule has 0 saturated carbocycles. The molecular weight excluding hydrogens is 589 g/mol. The van der Waals surface area contributed by atoms with Gasteiger partial charge in [0.05, 0.1) is 5.56 Å². The number of carbonyl (C=O) groups is 2. The molecule has 0 aromatic heterocycles. The molecule has 0 atom stereocenters. The van der Waals surface area contributed by atoms with Gasteiger partial charge in [-0.15, -0.1) is 0 Å². The van der Waals surface area contributed by atoms with E-state index < -0.39 is 23.7 Å². The summed E-state index contributed by atoms with van der Waals surface area (Å²) in [4.78, 5) is 23.3. The van der Waals surface area contributed by atoms with Gasteiger partial charge in [0.15, 0.2) is 0 Å². The van der Waals surface area contributed by atoms with E-state index in [0.29, 0.717) is 39.3 Å². The summed E-state index contributed by atoms with van der Waals surface area (Å²) in [6.45, 7) is 10.1. The maximum Gasteiger partial charge on any atom is 0.417 e. The molecule has 0 aliphatic carbocycles. The third kappa shape index (κ3) is 9.38. The number of halogens is 3. The molecule has 0 aliphatic heterocycles. The predicted molar refractivity (Wildman–Crippen MR) is 170 cm³/mol. The Labute approximate surface area is 265 Å². The lowest BCUT2D eigenvalue weighted by atomic mass is 10.0. The zero-order valence-corrected chi connectivity index (χ0v) is 24.8. The predicted octanol–water partition coefficient (Wildman–Crippen LogP) is 7.87. The minimum Gasteiger partial charge on any atom is -0.423 e. The summed E-state index contributed by atoms with van der Waals surface area (Å²) in [5.74, 6) is 16.6. The number of hydrogen-bond donors (Lipinski definition) is 0. The molecule has 0 fully saturated rings. The third-order valence-electron chi connectivity index (χ3n) is 6.08. The number of rotatable bonds is 4. The van der Waals surface area contributed by atoms with Gasteiger partial charge in [-0.05, 0) is 105 Å². The average molecular weight is 615 g/mol. The van der Waals surface area contributed by atoms with Gasteiger partial charge in [0.1, 0.15) is 11.5 Å². The first-order valence-electron chi connectivity index (χ1n) is 13.7. The lowest BCUT2D eigenvalue weighted by Gasteiger charge is -2.09. The Hall–Kier alpha value is -6.23. The van der Waals surface area contributed by atoms with E-state index in [1.165, 1.54) is 31.2 Å². The summed E-state index contributed by atoms with van der Waals surface area (Å²) in [6, 6.07) is 23.5. The first-order valence-corrected chi connectivity index (χ1v) is 13.7. The molecule has 0 bridgehead atoms. The molecule has 4 aromatic rings. The molecule has 0 spiro atoms. The van der Waals surface area contributed by atoms with Crippen molar-refractivity contribution in [3.05, 3.63) is 154 Å². The molecule has 226 valence electrons. The second-order valence-electron chi connectivity index (χ2n) is 9.97. The summed E-state index contributed by atoms with van der Waals surface area (Å²) in [5, 5.41) is 0. The number of carbonyl (C=O) groups excluding carboxylic acids is 2. The van der Waals surface area contributed by atoms with Gasteiger partial charge in [0.2, 0.25) is 0 Å². The van der Waals surface area contributed by atoms with Gasteiger partial charge >= 0.3 is 18.1 Å². The molecule has 0 saturated heterocycles. The number of hydrogen-bond acceptors (Lipinski definition) is 4. The Morgan fingerprint density at radius 3 is 1.24 bits per heavy atom. The van der Waals surface area contributed by atoms with Crippen LogP contribution in [0.25, 0.3) is 0 Å². The molecule has 0 unspecified atom stereocenters. The van der Waals surface area contributed by atoms with Crippen LogP contribution >= 0.6 is 0 Å². The molecular formula is C39H25F3O4. The molecule has 4 aromatic carbocycles. The fraction of sp³-hybridized carbons (Fsp3) is 0.0769. The van der Waals surface area contributed by atoms with Crippen LogP contribution in [0.3, 0.4) is 0 Å². The smallest absolute Gasteiger partial charge is 0.417 e. The topological polar surface area (TPSA) is 52.6 Å². The molecule has 0 radical (unpaired) electrons. The van der Waals surface area contributed by atoms with Crippen molar-refractivity contribution in [3.8, 4) is 47.0 Å². The van der Waals surface area contributed by atoms with Gasteiger partial charge in [-0.25, -0.2) is 9.59 Å². The maximum absolute atomic E-state index is 13.9. The quantitative estimate of drug-likeness (QED) is 0.102. The maximum atomic E-state index is 13.9. The van der Waals surface area contributed by atoms with Crippen LogP contribution in [0.1, 0.15) is 52.8 Å². The molecule has 0 amide bonds. The monoisotopic (exact) mass is 614 g/mol. The van der Waals surface area contributed by atoms with Crippen molar-refractivity contribution in [2.24, 2.45) is 0 Å².